The third-order valence-electron chi connectivity index (χ3n) is 2.04. The Labute approximate surface area is 87.1 Å². The number of benzene rings is 1. The third-order valence-corrected chi connectivity index (χ3v) is 2.04. The molecule has 0 saturated carbocycles. The molecule has 1 aromatic rings. The van der Waals surface area contributed by atoms with E-state index in [4.69, 9.17) is 10.00 Å². The first-order valence-electron chi connectivity index (χ1n) is 4.33. The zero-order valence-electron chi connectivity index (χ0n) is 8.45. The van der Waals surface area contributed by atoms with E-state index in [-0.39, 0.29) is 11.3 Å². The number of hydrogen-bond donors (Lipinski definition) is 0. The van der Waals surface area contributed by atoms with E-state index in [1.807, 2.05) is 6.07 Å². The van der Waals surface area contributed by atoms with Crippen molar-refractivity contribution in [3.8, 4) is 11.8 Å². The van der Waals surface area contributed by atoms with Crippen LogP contribution in [0, 0.1) is 17.1 Å². The minimum atomic E-state index is -0.976. The number of rotatable bonds is 3. The summed E-state index contributed by atoms with van der Waals surface area (Å²) in [5, 5.41) is 8.81. The molecule has 4 heteroatoms. The number of nitrogens with zero attached hydrogens (tertiary/aromatic N) is 1. The van der Waals surface area contributed by atoms with Crippen LogP contribution in [0.2, 0.25) is 0 Å². The molecule has 0 heterocycles. The molecule has 0 radical (unpaired) electrons. The van der Waals surface area contributed by atoms with Gasteiger partial charge in [0.25, 0.3) is 0 Å². The van der Waals surface area contributed by atoms with Crippen LogP contribution in [0.15, 0.2) is 18.2 Å². The molecule has 0 aromatic heterocycles. The maximum Gasteiger partial charge on any atom is 0.151 e. The van der Waals surface area contributed by atoms with Gasteiger partial charge in [-0.1, -0.05) is 0 Å². The van der Waals surface area contributed by atoms with Crippen LogP contribution in [-0.2, 0) is 4.79 Å². The molecule has 78 valence electrons. The van der Waals surface area contributed by atoms with E-state index in [1.165, 1.54) is 26.2 Å². The average Bonchev–Trinajstić information content (AvgIpc) is 2.18. The molecule has 3 nitrogen and oxygen atoms in total. The van der Waals surface area contributed by atoms with Gasteiger partial charge in [0.15, 0.2) is 5.78 Å². The van der Waals surface area contributed by atoms with Crippen molar-refractivity contribution < 1.29 is 13.9 Å². The topological polar surface area (TPSA) is 50.1 Å². The van der Waals surface area contributed by atoms with Gasteiger partial charge in [-0.2, -0.15) is 5.26 Å². The molecular formula is C11H10FNO2. The van der Waals surface area contributed by atoms with E-state index in [2.05, 4.69) is 0 Å². The van der Waals surface area contributed by atoms with Crippen molar-refractivity contribution >= 4 is 5.78 Å². The van der Waals surface area contributed by atoms with Gasteiger partial charge in [0.05, 0.1) is 13.2 Å². The summed E-state index contributed by atoms with van der Waals surface area (Å²) in [4.78, 5) is 11.2. The van der Waals surface area contributed by atoms with Crippen LogP contribution in [0.1, 0.15) is 18.4 Å². The zero-order chi connectivity index (χ0) is 11.4. The van der Waals surface area contributed by atoms with Gasteiger partial charge < -0.3 is 4.74 Å². The monoisotopic (exact) mass is 207 g/mol. The van der Waals surface area contributed by atoms with E-state index in [9.17, 15) is 9.18 Å². The molecule has 0 aliphatic carbocycles. The predicted octanol–water partition coefficient (Wildman–Crippen LogP) is 2.03. The van der Waals surface area contributed by atoms with Crippen LogP contribution in [0.4, 0.5) is 4.39 Å². The second-order valence-corrected chi connectivity index (χ2v) is 3.06. The second-order valence-electron chi connectivity index (χ2n) is 3.06. The average molecular weight is 207 g/mol. The minimum Gasteiger partial charge on any atom is -0.496 e. The Morgan fingerprint density at radius 3 is 2.73 bits per heavy atom. The Balaban J connectivity index is 3.27. The van der Waals surface area contributed by atoms with Crippen molar-refractivity contribution in [1.29, 1.82) is 5.26 Å². The molecule has 1 rings (SSSR count). The quantitative estimate of drug-likeness (QED) is 0.761. The summed E-state index contributed by atoms with van der Waals surface area (Å²) in [5.41, 5.74) is 0.271. The molecule has 1 unspecified atom stereocenters. The number of carbonyl (C=O) groups is 1. The van der Waals surface area contributed by atoms with Crippen LogP contribution >= 0.6 is 0 Å². The number of Topliss-reactive ketones (excluding diaryl/α,β-unsaturated/α-hetero) is 1. The van der Waals surface area contributed by atoms with Gasteiger partial charge in [0.2, 0.25) is 0 Å². The Hall–Kier alpha value is -1.89. The van der Waals surface area contributed by atoms with Gasteiger partial charge in [-0.15, -0.1) is 0 Å². The SMILES string of the molecule is COc1ccc(F)cc1C(C#N)C(C)=O. The smallest absolute Gasteiger partial charge is 0.151 e. The van der Waals surface area contributed by atoms with Crippen molar-refractivity contribution in [2.75, 3.05) is 7.11 Å². The molecule has 0 spiro atoms. The summed E-state index contributed by atoms with van der Waals surface area (Å²) in [5.74, 6) is -1.46. The van der Waals surface area contributed by atoms with E-state index in [0.29, 0.717) is 5.75 Å². The molecule has 15 heavy (non-hydrogen) atoms. The lowest BCUT2D eigenvalue weighted by Gasteiger charge is -2.10. The first-order chi connectivity index (χ1) is 7.10. The highest BCUT2D eigenvalue weighted by Gasteiger charge is 2.20. The number of ketones is 1. The van der Waals surface area contributed by atoms with E-state index in [1.54, 1.807) is 0 Å². The van der Waals surface area contributed by atoms with Crippen molar-refractivity contribution in [2.45, 2.75) is 12.8 Å². The normalized spacial score (nSPS) is 11.6. The van der Waals surface area contributed by atoms with Gasteiger partial charge in [-0.05, 0) is 25.1 Å². The molecule has 0 saturated heterocycles. The van der Waals surface area contributed by atoms with E-state index < -0.39 is 11.7 Å². The summed E-state index contributed by atoms with van der Waals surface area (Å²) >= 11 is 0. The fraction of sp³-hybridized carbons (Fsp3) is 0.273. The summed E-state index contributed by atoms with van der Waals surface area (Å²) in [6, 6.07) is 5.59. The standard InChI is InChI=1S/C11H10FNO2/c1-7(14)10(6-13)9-5-8(12)3-4-11(9)15-2/h3-5,10H,1-2H3. The lowest BCUT2D eigenvalue weighted by molar-refractivity contribution is -0.117. The van der Waals surface area contributed by atoms with E-state index in [0.717, 1.165) is 6.07 Å². The second kappa shape index (κ2) is 4.56. The van der Waals surface area contributed by atoms with Gasteiger partial charge in [0.1, 0.15) is 17.5 Å². The molecule has 0 aliphatic rings. The van der Waals surface area contributed by atoms with Gasteiger partial charge in [0, 0.05) is 5.56 Å². The molecule has 1 atom stereocenters. The number of methoxy groups -OCH3 is 1. The third kappa shape index (κ3) is 2.32. The Morgan fingerprint density at radius 1 is 1.60 bits per heavy atom. The lowest BCUT2D eigenvalue weighted by atomic mass is 9.96. The highest BCUT2D eigenvalue weighted by Crippen LogP contribution is 2.27. The molecule has 0 fully saturated rings. The van der Waals surface area contributed by atoms with Crippen molar-refractivity contribution in [1.82, 2.24) is 0 Å². The first-order valence-corrected chi connectivity index (χ1v) is 4.33. The summed E-state index contributed by atoms with van der Waals surface area (Å²) in [6.45, 7) is 1.29. The van der Waals surface area contributed by atoms with Crippen LogP contribution < -0.4 is 4.74 Å². The van der Waals surface area contributed by atoms with Gasteiger partial charge in [-0.25, -0.2) is 4.39 Å². The van der Waals surface area contributed by atoms with Crippen molar-refractivity contribution in [3.05, 3.63) is 29.6 Å². The first kappa shape index (κ1) is 11.2. The molecule has 0 aliphatic heterocycles. The Kier molecular flexibility index (Phi) is 3.40. The molecule has 0 bridgehead atoms. The highest BCUT2D eigenvalue weighted by atomic mass is 19.1. The largest absolute Gasteiger partial charge is 0.496 e. The molecule has 0 amide bonds. The van der Waals surface area contributed by atoms with Crippen LogP contribution in [0.5, 0.6) is 5.75 Å². The maximum atomic E-state index is 13.0. The molecular weight excluding hydrogens is 197 g/mol. The number of ether oxygens (including phenoxy) is 1. The van der Waals surface area contributed by atoms with E-state index >= 15 is 0 Å². The Morgan fingerprint density at radius 2 is 2.27 bits per heavy atom. The van der Waals surface area contributed by atoms with Crippen LogP contribution in [-0.4, -0.2) is 12.9 Å². The number of carbonyl (C=O) groups excluding carboxylic acids is 1. The number of nitriles is 1. The number of hydrogen-bond acceptors (Lipinski definition) is 3. The van der Waals surface area contributed by atoms with Crippen LogP contribution in [0.3, 0.4) is 0 Å². The molecule has 0 N–H and O–H groups in total. The number of halogens is 1. The highest BCUT2D eigenvalue weighted by molar-refractivity contribution is 5.86. The maximum absolute atomic E-state index is 13.0. The lowest BCUT2D eigenvalue weighted by Crippen LogP contribution is -2.08. The summed E-state index contributed by atoms with van der Waals surface area (Å²) in [6.07, 6.45) is 0. The summed E-state index contributed by atoms with van der Waals surface area (Å²) < 4.78 is 17.9. The van der Waals surface area contributed by atoms with Crippen LogP contribution in [0.25, 0.3) is 0 Å². The fourth-order valence-corrected chi connectivity index (χ4v) is 1.31. The summed E-state index contributed by atoms with van der Waals surface area (Å²) in [7, 11) is 1.41. The van der Waals surface area contributed by atoms with Crippen molar-refractivity contribution in [3.63, 3.8) is 0 Å². The zero-order valence-corrected chi connectivity index (χ0v) is 8.45. The van der Waals surface area contributed by atoms with Crippen molar-refractivity contribution in [2.24, 2.45) is 0 Å². The predicted molar refractivity (Wildman–Crippen MR) is 52.0 cm³/mol. The fourth-order valence-electron chi connectivity index (χ4n) is 1.31. The van der Waals surface area contributed by atoms with Gasteiger partial charge in [-0.3, -0.25) is 4.79 Å². The van der Waals surface area contributed by atoms with Gasteiger partial charge >= 0.3 is 0 Å². The Bertz CT molecular complexity index is 423. The minimum absolute atomic E-state index is 0.271. The molecule has 1 aromatic carbocycles.